The summed E-state index contributed by atoms with van der Waals surface area (Å²) in [5, 5.41) is 7.78. The average Bonchev–Trinajstić information content (AvgIpc) is 1.47. The van der Waals surface area contributed by atoms with Gasteiger partial charge in [-0.3, -0.25) is 0 Å². The fourth-order valence-corrected chi connectivity index (χ4v) is 19.7. The molecule has 0 atom stereocenters. The van der Waals surface area contributed by atoms with Crippen LogP contribution in [-0.4, -0.2) is 31.8 Å². The maximum absolute atomic E-state index is 2.85. The molecule has 0 spiro atoms. The Hall–Kier alpha value is -10.3. The SMILES string of the molecule is Cc1cc(C)c(-c2ccc3c(c2)B2c4c(ccc5c6cc(-c7c(C)cc(C)cc7C)ccc6n-3c45)-c3cccc4c3n2c2c3cccc5c3n(c42)B2c3cc(-c4c(C)cc(C)cc4C)ccc3-n3c4ccc(-c6c(C)cc(C)cc6C)cc4c4ccc-5c2c43)c(C)c1. The predicted molar refractivity (Wildman–Crippen MR) is 394 cm³/mol. The molecule has 4 aromatic heterocycles. The second-order valence-corrected chi connectivity index (χ2v) is 28.3. The van der Waals surface area contributed by atoms with E-state index in [1.54, 1.807) is 0 Å². The maximum atomic E-state index is 2.85. The molecule has 0 amide bonds. The van der Waals surface area contributed by atoms with Crippen molar-refractivity contribution >= 4 is 112 Å². The molecule has 6 heteroatoms. The number of para-hydroxylation sites is 2. The second kappa shape index (κ2) is 17.8. The van der Waals surface area contributed by atoms with E-state index in [4.69, 9.17) is 0 Å². The van der Waals surface area contributed by atoms with Gasteiger partial charge in [0, 0.05) is 65.9 Å². The number of hydrogen-bond donors (Lipinski definition) is 0. The third-order valence-corrected chi connectivity index (χ3v) is 22.3. The summed E-state index contributed by atoms with van der Waals surface area (Å²) in [6, 6.07) is 72.7. The Kier molecular flexibility index (Phi) is 10.2. The minimum atomic E-state index is -0.143. The van der Waals surface area contributed by atoms with Crippen LogP contribution in [0.15, 0.2) is 182 Å². The van der Waals surface area contributed by atoms with E-state index in [9.17, 15) is 0 Å². The Morgan fingerprint density at radius 3 is 0.924 bits per heavy atom. The summed E-state index contributed by atoms with van der Waals surface area (Å²) >= 11 is 0. The Morgan fingerprint density at radius 1 is 0.250 bits per heavy atom. The molecule has 12 aromatic carbocycles. The summed E-state index contributed by atoms with van der Waals surface area (Å²) < 4.78 is 11.0. The summed E-state index contributed by atoms with van der Waals surface area (Å²) in [5.74, 6) is 0. The van der Waals surface area contributed by atoms with Crippen molar-refractivity contribution in [2.45, 2.75) is 83.1 Å². The number of aryl methyl sites for hydroxylation is 12. The van der Waals surface area contributed by atoms with Gasteiger partial charge < -0.3 is 18.1 Å². The molecule has 0 saturated carbocycles. The van der Waals surface area contributed by atoms with Gasteiger partial charge in [0.05, 0.1) is 33.1 Å². The van der Waals surface area contributed by atoms with Gasteiger partial charge in [-0.25, -0.2) is 0 Å². The van der Waals surface area contributed by atoms with Gasteiger partial charge in [0.2, 0.25) is 0 Å². The molecule has 16 aromatic rings. The first-order valence-corrected chi connectivity index (χ1v) is 33.0. The highest BCUT2D eigenvalue weighted by atomic mass is 15.1. The number of hydrogen-bond acceptors (Lipinski definition) is 0. The fourth-order valence-electron chi connectivity index (χ4n) is 19.7. The van der Waals surface area contributed by atoms with Crippen molar-refractivity contribution in [3.05, 3.63) is 249 Å². The Bertz CT molecular complexity index is 5750. The first-order chi connectivity index (χ1) is 44.6. The van der Waals surface area contributed by atoms with Crippen molar-refractivity contribution in [3.8, 4) is 78.1 Å². The van der Waals surface area contributed by atoms with Crippen LogP contribution >= 0.6 is 0 Å². The lowest BCUT2D eigenvalue weighted by atomic mass is 9.45. The van der Waals surface area contributed by atoms with Crippen LogP contribution in [0.25, 0.3) is 155 Å². The lowest BCUT2D eigenvalue weighted by Crippen LogP contribution is -2.55. The van der Waals surface area contributed by atoms with Gasteiger partial charge in [0.15, 0.2) is 0 Å². The first kappa shape index (κ1) is 52.5. The summed E-state index contributed by atoms with van der Waals surface area (Å²) in [6.07, 6.45) is 0. The van der Waals surface area contributed by atoms with E-state index in [1.807, 2.05) is 0 Å². The van der Waals surface area contributed by atoms with Crippen LogP contribution < -0.4 is 21.9 Å². The van der Waals surface area contributed by atoms with Crippen LogP contribution in [0.1, 0.15) is 66.8 Å². The van der Waals surface area contributed by atoms with Crippen LogP contribution in [0.5, 0.6) is 0 Å². The number of benzene rings is 12. The third kappa shape index (κ3) is 6.50. The first-order valence-electron chi connectivity index (χ1n) is 33.0. The highest BCUT2D eigenvalue weighted by Gasteiger charge is 2.47. The quantitative estimate of drug-likeness (QED) is 0.157. The van der Waals surface area contributed by atoms with Crippen molar-refractivity contribution < 1.29 is 0 Å². The Balaban J connectivity index is 0.915. The molecule has 8 heterocycles. The van der Waals surface area contributed by atoms with Crippen LogP contribution in [-0.2, 0) is 0 Å². The number of aromatic nitrogens is 4. The molecule has 20 rings (SSSR count). The largest absolute Gasteiger partial charge is 0.374 e. The summed E-state index contributed by atoms with van der Waals surface area (Å²) in [5.41, 5.74) is 49.6. The molecule has 0 saturated heterocycles. The van der Waals surface area contributed by atoms with Crippen molar-refractivity contribution in [1.29, 1.82) is 0 Å². The van der Waals surface area contributed by atoms with E-state index in [1.165, 1.54) is 243 Å². The van der Waals surface area contributed by atoms with E-state index < -0.39 is 0 Å². The molecular formula is C86H66B2N4. The highest BCUT2D eigenvalue weighted by Crippen LogP contribution is 2.51. The molecule has 4 aliphatic rings. The smallest absolute Gasteiger partial charge is 0.333 e. The molecule has 0 N–H and O–H groups in total. The van der Waals surface area contributed by atoms with Crippen LogP contribution in [0.4, 0.5) is 0 Å². The molecule has 92 heavy (non-hydrogen) atoms. The average molecular weight is 1180 g/mol. The van der Waals surface area contributed by atoms with Gasteiger partial charge in [0.1, 0.15) is 0 Å². The molecule has 0 fully saturated rings. The lowest BCUT2D eigenvalue weighted by Gasteiger charge is -2.34. The maximum Gasteiger partial charge on any atom is 0.333 e. The standard InChI is InChI=1S/C86H66B2N4/c1-43-31-47(5)75(48(6)32-43)55-19-27-71-67(39-55)63-25-23-59-61-15-13-17-65-81(61)91(87-69-41-57(77-51(9)35-45(3)36-52(77)10)21-29-73(69)89(71)83(63)79(59)87)85-66-18-14-16-62-60-24-26-64-68-40-56(76-49(7)33-44(2)34-50(76)8)20-28-72(68)90-74-30-22-58(78-53(11)37-46(4)38-54(78)12)42-70(74)88(80(60)84(64)90)92(82(62)66)86(65)85/h13-42H,1-12H3. The molecule has 4 aliphatic heterocycles. The third-order valence-electron chi connectivity index (χ3n) is 22.3. The van der Waals surface area contributed by atoms with E-state index in [2.05, 4.69) is 283 Å². The van der Waals surface area contributed by atoms with Crippen LogP contribution in [0.3, 0.4) is 0 Å². The van der Waals surface area contributed by atoms with E-state index >= 15 is 0 Å². The zero-order valence-electron chi connectivity index (χ0n) is 54.3. The van der Waals surface area contributed by atoms with E-state index in [0.29, 0.717) is 0 Å². The van der Waals surface area contributed by atoms with Crippen LogP contribution in [0.2, 0.25) is 0 Å². The van der Waals surface area contributed by atoms with Gasteiger partial charge in [-0.05, 0) is 241 Å². The topological polar surface area (TPSA) is 19.7 Å². The molecule has 436 valence electrons. The summed E-state index contributed by atoms with van der Waals surface area (Å²) in [4.78, 5) is 0. The second-order valence-electron chi connectivity index (χ2n) is 28.3. The predicted octanol–water partition coefficient (Wildman–Crippen LogP) is 19.2. The summed E-state index contributed by atoms with van der Waals surface area (Å²) in [6.45, 7) is 26.9. The van der Waals surface area contributed by atoms with Gasteiger partial charge in [0.25, 0.3) is 0 Å². The number of nitrogens with zero attached hydrogens (tertiary/aromatic N) is 4. The molecule has 0 unspecified atom stereocenters. The monoisotopic (exact) mass is 1180 g/mol. The van der Waals surface area contributed by atoms with Gasteiger partial charge in [-0.1, -0.05) is 168 Å². The minimum absolute atomic E-state index is 0.143. The lowest BCUT2D eigenvalue weighted by molar-refractivity contribution is 1.17. The molecular weight excluding hydrogens is 1110 g/mol. The summed E-state index contributed by atoms with van der Waals surface area (Å²) in [7, 11) is 0. The number of rotatable bonds is 4. The molecule has 0 radical (unpaired) electrons. The van der Waals surface area contributed by atoms with E-state index in [-0.39, 0.29) is 13.7 Å². The number of fused-ring (bicyclic) bond motifs is 21. The minimum Gasteiger partial charge on any atom is -0.374 e. The van der Waals surface area contributed by atoms with Crippen molar-refractivity contribution in [3.63, 3.8) is 0 Å². The Labute approximate surface area is 536 Å². The normalized spacial score (nSPS) is 13.2. The van der Waals surface area contributed by atoms with Gasteiger partial charge in [-0.15, -0.1) is 0 Å². The zero-order valence-corrected chi connectivity index (χ0v) is 54.3. The molecule has 0 aliphatic carbocycles. The molecule has 4 nitrogen and oxygen atoms in total. The fraction of sp³-hybridized carbons (Fsp3) is 0.140. The van der Waals surface area contributed by atoms with Crippen molar-refractivity contribution in [2.75, 3.05) is 0 Å². The van der Waals surface area contributed by atoms with Crippen molar-refractivity contribution in [2.24, 2.45) is 0 Å². The Morgan fingerprint density at radius 2 is 0.576 bits per heavy atom. The van der Waals surface area contributed by atoms with E-state index in [0.717, 1.165) is 0 Å². The zero-order chi connectivity index (χ0) is 62.1. The van der Waals surface area contributed by atoms with Gasteiger partial charge >= 0.3 is 13.7 Å². The van der Waals surface area contributed by atoms with Crippen molar-refractivity contribution in [1.82, 2.24) is 18.1 Å². The van der Waals surface area contributed by atoms with Crippen LogP contribution in [0, 0.1) is 83.1 Å². The molecule has 0 bridgehead atoms. The van der Waals surface area contributed by atoms with Gasteiger partial charge in [-0.2, -0.15) is 0 Å². The highest BCUT2D eigenvalue weighted by molar-refractivity contribution is 6.92.